The molecule has 0 unspecified atom stereocenters. The van der Waals surface area contributed by atoms with E-state index in [1.54, 1.807) is 0 Å². The molecule has 0 bridgehead atoms. The number of carboxylic acids is 1. The van der Waals surface area contributed by atoms with Crippen molar-refractivity contribution in [1.29, 1.82) is 0 Å². The van der Waals surface area contributed by atoms with Crippen LogP contribution in [0.4, 0.5) is 5.95 Å². The molecule has 1 heterocycles. The van der Waals surface area contributed by atoms with Gasteiger partial charge in [0.05, 0.1) is 17.6 Å². The van der Waals surface area contributed by atoms with Crippen LogP contribution in [0.5, 0.6) is 6.01 Å². The molecule has 0 saturated heterocycles. The fourth-order valence-corrected chi connectivity index (χ4v) is 2.93. The van der Waals surface area contributed by atoms with Crippen molar-refractivity contribution in [3.8, 4) is 6.01 Å². The van der Waals surface area contributed by atoms with Crippen molar-refractivity contribution in [3.05, 3.63) is 29.3 Å². The van der Waals surface area contributed by atoms with Crippen LogP contribution in [0.3, 0.4) is 0 Å². The highest BCUT2D eigenvalue weighted by atomic mass is 32.2. The quantitative estimate of drug-likeness (QED) is 0.736. The lowest BCUT2D eigenvalue weighted by molar-refractivity contribution is 0.0696. The summed E-state index contributed by atoms with van der Waals surface area (Å²) in [5.41, 5.74) is 0.0389. The van der Waals surface area contributed by atoms with Crippen molar-refractivity contribution in [3.63, 3.8) is 0 Å². The Morgan fingerprint density at radius 2 is 2.14 bits per heavy atom. The van der Waals surface area contributed by atoms with Crippen molar-refractivity contribution in [1.82, 2.24) is 15.2 Å². The van der Waals surface area contributed by atoms with E-state index < -0.39 is 16.0 Å². The van der Waals surface area contributed by atoms with Gasteiger partial charge in [-0.15, -0.1) is 5.10 Å². The summed E-state index contributed by atoms with van der Waals surface area (Å²) in [7, 11) is -2.66. The van der Waals surface area contributed by atoms with Crippen LogP contribution >= 0.6 is 0 Å². The molecule has 0 aliphatic carbocycles. The SMILES string of the molecule is COc1n[nH]c(NS(=O)(=O)c2cccc(C(=O)O)c2C)n1. The molecule has 0 amide bonds. The molecule has 10 heteroatoms. The van der Waals surface area contributed by atoms with E-state index in [-0.39, 0.29) is 28.0 Å². The van der Waals surface area contributed by atoms with E-state index in [2.05, 4.69) is 19.9 Å². The van der Waals surface area contributed by atoms with E-state index in [4.69, 9.17) is 9.84 Å². The summed E-state index contributed by atoms with van der Waals surface area (Å²) in [6.45, 7) is 1.42. The van der Waals surface area contributed by atoms with Gasteiger partial charge in [-0.3, -0.25) is 0 Å². The second kappa shape index (κ2) is 5.40. The molecule has 0 aliphatic heterocycles. The van der Waals surface area contributed by atoms with Gasteiger partial charge in [-0.05, 0) is 24.6 Å². The highest BCUT2D eigenvalue weighted by Crippen LogP contribution is 2.21. The van der Waals surface area contributed by atoms with Crippen molar-refractivity contribution >= 4 is 21.9 Å². The van der Waals surface area contributed by atoms with Gasteiger partial charge in [0.15, 0.2) is 0 Å². The lowest BCUT2D eigenvalue weighted by atomic mass is 10.1. The first-order chi connectivity index (χ1) is 9.85. The van der Waals surface area contributed by atoms with Crippen LogP contribution in [-0.2, 0) is 10.0 Å². The molecule has 0 spiro atoms. The topological polar surface area (TPSA) is 134 Å². The standard InChI is InChI=1S/C11H12N4O5S/c1-6-7(9(16)17)4-3-5-8(6)21(18,19)15-10-12-11(20-2)14-13-10/h3-5H,1-2H3,(H,16,17)(H2,12,13,14,15). The maximum Gasteiger partial charge on any atom is 0.336 e. The average molecular weight is 312 g/mol. The molecule has 0 fully saturated rings. The van der Waals surface area contributed by atoms with Gasteiger partial charge in [-0.1, -0.05) is 6.07 Å². The summed E-state index contributed by atoms with van der Waals surface area (Å²) >= 11 is 0. The fraction of sp³-hybridized carbons (Fsp3) is 0.182. The summed E-state index contributed by atoms with van der Waals surface area (Å²) in [5, 5.41) is 15.0. The number of H-pyrrole nitrogens is 1. The molecule has 0 aliphatic rings. The normalized spacial score (nSPS) is 11.1. The number of aromatic amines is 1. The Morgan fingerprint density at radius 1 is 1.43 bits per heavy atom. The van der Waals surface area contributed by atoms with E-state index in [0.29, 0.717) is 0 Å². The van der Waals surface area contributed by atoms with E-state index in [9.17, 15) is 13.2 Å². The van der Waals surface area contributed by atoms with Gasteiger partial charge in [-0.25, -0.2) is 23.0 Å². The lowest BCUT2D eigenvalue weighted by Gasteiger charge is -2.09. The summed E-state index contributed by atoms with van der Waals surface area (Å²) in [6.07, 6.45) is 0. The van der Waals surface area contributed by atoms with E-state index >= 15 is 0 Å². The molecule has 1 aromatic heterocycles. The number of nitrogens with zero attached hydrogens (tertiary/aromatic N) is 2. The van der Waals surface area contributed by atoms with Crippen LogP contribution in [0, 0.1) is 6.92 Å². The number of hydrogen-bond acceptors (Lipinski definition) is 6. The molecule has 112 valence electrons. The zero-order valence-corrected chi connectivity index (χ0v) is 11.9. The molecular formula is C11H12N4O5S. The summed E-state index contributed by atoms with van der Waals surface area (Å²) in [5.74, 6) is -1.34. The van der Waals surface area contributed by atoms with Crippen LogP contribution in [0.15, 0.2) is 23.1 Å². The minimum Gasteiger partial charge on any atom is -0.478 e. The Bertz CT molecular complexity index is 784. The Kier molecular flexibility index (Phi) is 3.80. The Balaban J connectivity index is 2.40. The zero-order valence-electron chi connectivity index (χ0n) is 11.1. The number of anilines is 1. The largest absolute Gasteiger partial charge is 0.478 e. The minimum absolute atomic E-state index is 0.0243. The molecule has 0 saturated carbocycles. The third-order valence-electron chi connectivity index (χ3n) is 2.68. The Labute approximate surface area is 120 Å². The van der Waals surface area contributed by atoms with Crippen LogP contribution in [-0.4, -0.2) is 41.8 Å². The number of ether oxygens (including phenoxy) is 1. The van der Waals surface area contributed by atoms with E-state index in [1.807, 2.05) is 0 Å². The number of carbonyl (C=O) groups is 1. The predicted octanol–water partition coefficient (Wildman–Crippen LogP) is 0.621. The third-order valence-corrected chi connectivity index (χ3v) is 4.17. The maximum atomic E-state index is 12.3. The number of nitrogens with one attached hydrogen (secondary N) is 2. The predicted molar refractivity (Wildman–Crippen MR) is 71.9 cm³/mol. The van der Waals surface area contributed by atoms with Gasteiger partial charge in [0.2, 0.25) is 5.95 Å². The fourth-order valence-electron chi connectivity index (χ4n) is 1.70. The monoisotopic (exact) mass is 312 g/mol. The molecule has 3 N–H and O–H groups in total. The summed E-state index contributed by atoms with van der Waals surface area (Å²) in [6, 6.07) is 3.96. The van der Waals surface area contributed by atoms with Gasteiger partial charge in [0.25, 0.3) is 10.0 Å². The Hall–Kier alpha value is -2.62. The lowest BCUT2D eigenvalue weighted by Crippen LogP contribution is -2.16. The number of benzene rings is 1. The van der Waals surface area contributed by atoms with Crippen molar-refractivity contribution in [2.45, 2.75) is 11.8 Å². The molecule has 0 radical (unpaired) electrons. The first-order valence-corrected chi connectivity index (χ1v) is 7.15. The maximum absolute atomic E-state index is 12.3. The molecule has 1 aromatic carbocycles. The van der Waals surface area contributed by atoms with Crippen LogP contribution in [0.1, 0.15) is 15.9 Å². The second-order valence-electron chi connectivity index (χ2n) is 4.01. The summed E-state index contributed by atoms with van der Waals surface area (Å²) < 4.78 is 31.4. The van der Waals surface area contributed by atoms with Crippen LogP contribution in [0.25, 0.3) is 0 Å². The molecular weight excluding hydrogens is 300 g/mol. The van der Waals surface area contributed by atoms with E-state index in [1.165, 1.54) is 32.2 Å². The minimum atomic E-state index is -4.00. The summed E-state index contributed by atoms with van der Waals surface area (Å²) in [4.78, 5) is 14.6. The van der Waals surface area contributed by atoms with Gasteiger partial charge in [0.1, 0.15) is 0 Å². The van der Waals surface area contributed by atoms with Gasteiger partial charge >= 0.3 is 12.0 Å². The number of sulfonamides is 1. The zero-order chi connectivity index (χ0) is 15.6. The van der Waals surface area contributed by atoms with Crippen LogP contribution in [0.2, 0.25) is 0 Å². The van der Waals surface area contributed by atoms with Gasteiger partial charge < -0.3 is 9.84 Å². The molecule has 2 rings (SSSR count). The number of carboxylic acid groups (broad SMARTS) is 1. The molecule has 0 atom stereocenters. The second-order valence-corrected chi connectivity index (χ2v) is 5.66. The highest BCUT2D eigenvalue weighted by molar-refractivity contribution is 7.92. The number of rotatable bonds is 5. The van der Waals surface area contributed by atoms with E-state index in [0.717, 1.165) is 0 Å². The van der Waals surface area contributed by atoms with Crippen molar-refractivity contribution < 1.29 is 23.1 Å². The molecule has 2 aromatic rings. The van der Waals surface area contributed by atoms with Gasteiger partial charge in [0, 0.05) is 0 Å². The molecule has 21 heavy (non-hydrogen) atoms. The van der Waals surface area contributed by atoms with Crippen molar-refractivity contribution in [2.24, 2.45) is 0 Å². The average Bonchev–Trinajstić information content (AvgIpc) is 2.85. The number of methoxy groups -OCH3 is 1. The van der Waals surface area contributed by atoms with Crippen molar-refractivity contribution in [2.75, 3.05) is 11.8 Å². The Morgan fingerprint density at radius 3 is 2.71 bits per heavy atom. The van der Waals surface area contributed by atoms with Crippen LogP contribution < -0.4 is 9.46 Å². The smallest absolute Gasteiger partial charge is 0.336 e. The number of aromatic nitrogens is 3. The number of hydrogen-bond donors (Lipinski definition) is 3. The van der Waals surface area contributed by atoms with Gasteiger partial charge in [-0.2, -0.15) is 4.98 Å². The first kappa shape index (κ1) is 14.8. The number of aromatic carboxylic acids is 1. The first-order valence-electron chi connectivity index (χ1n) is 5.67. The highest BCUT2D eigenvalue weighted by Gasteiger charge is 2.22. The third kappa shape index (κ3) is 2.94. The molecule has 9 nitrogen and oxygen atoms in total.